The molecule has 0 spiro atoms. The molecule has 1 aromatic heterocycles. The summed E-state index contributed by atoms with van der Waals surface area (Å²) < 4.78 is 9.93. The molecule has 0 amide bonds. The Bertz CT molecular complexity index is 369. The van der Waals surface area contributed by atoms with Gasteiger partial charge >= 0.3 is 0 Å². The molecule has 13 heavy (non-hydrogen) atoms. The van der Waals surface area contributed by atoms with E-state index in [2.05, 4.69) is 0 Å². The third kappa shape index (κ3) is 2.87. The van der Waals surface area contributed by atoms with Crippen molar-refractivity contribution in [1.82, 2.24) is 0 Å². The molecule has 1 aromatic rings. The van der Waals surface area contributed by atoms with Crippen molar-refractivity contribution in [3.63, 3.8) is 0 Å². The van der Waals surface area contributed by atoms with Crippen molar-refractivity contribution in [2.24, 2.45) is 0 Å². The number of ketones is 1. The monoisotopic (exact) mass is 200 g/mol. The molecule has 0 aliphatic heterocycles. The first-order valence-electron chi connectivity index (χ1n) is 3.53. The molecule has 5 heteroatoms. The summed E-state index contributed by atoms with van der Waals surface area (Å²) >= 11 is 4.75. The minimum absolute atomic E-state index is 0.0664. The first-order valence-corrected chi connectivity index (χ1v) is 3.94. The molecule has 0 aliphatic rings. The van der Waals surface area contributed by atoms with Gasteiger partial charge in [-0.3, -0.25) is 4.79 Å². The molecule has 0 fully saturated rings. The van der Waals surface area contributed by atoms with Crippen LogP contribution in [0.15, 0.2) is 16.7 Å². The zero-order valence-electron chi connectivity index (χ0n) is 6.94. The van der Waals surface area contributed by atoms with Crippen LogP contribution in [-0.4, -0.2) is 17.5 Å². The van der Waals surface area contributed by atoms with E-state index in [0.29, 0.717) is 0 Å². The summed E-state index contributed by atoms with van der Waals surface area (Å²) in [4.78, 5) is 10.5. The maximum Gasteiger partial charge on any atom is 0.286 e. The molecule has 1 N–H and O–H groups in total. The molecular weight excluding hydrogens is 192 g/mol. The molecule has 0 saturated heterocycles. The first kappa shape index (κ1) is 9.73. The van der Waals surface area contributed by atoms with E-state index in [0.717, 1.165) is 6.26 Å². The first-order chi connectivity index (χ1) is 6.09. The van der Waals surface area contributed by atoms with Crippen molar-refractivity contribution in [3.05, 3.63) is 16.8 Å². The van der Waals surface area contributed by atoms with E-state index in [1.54, 1.807) is 0 Å². The molecule has 70 valence electrons. The number of hydrogen-bond donors (Lipinski definition) is 1. The van der Waals surface area contributed by atoms with Crippen molar-refractivity contribution >= 4 is 18.0 Å². The van der Waals surface area contributed by atoms with Crippen molar-refractivity contribution < 1.29 is 19.1 Å². The summed E-state index contributed by atoms with van der Waals surface area (Å²) in [5.41, 5.74) is 0. The smallest absolute Gasteiger partial charge is 0.286 e. The van der Waals surface area contributed by atoms with E-state index in [1.807, 2.05) is 0 Å². The van der Waals surface area contributed by atoms with E-state index in [9.17, 15) is 4.79 Å². The number of ether oxygens (including phenoxy) is 1. The van der Waals surface area contributed by atoms with Gasteiger partial charge in [-0.25, -0.2) is 0 Å². The number of aromatic hydroxyl groups is 1. The number of hydrogen-bond acceptors (Lipinski definition) is 5. The van der Waals surface area contributed by atoms with Gasteiger partial charge in [-0.1, -0.05) is 12.2 Å². The van der Waals surface area contributed by atoms with Crippen LogP contribution in [0.2, 0.25) is 0 Å². The van der Waals surface area contributed by atoms with Crippen LogP contribution in [0.3, 0.4) is 0 Å². The van der Waals surface area contributed by atoms with Crippen LogP contribution in [0.1, 0.15) is 6.92 Å². The molecule has 0 aliphatic carbocycles. The average Bonchev–Trinajstić information content (AvgIpc) is 2.07. The summed E-state index contributed by atoms with van der Waals surface area (Å²) in [6.07, 6.45) is 1.07. The normalized spacial score (nSPS) is 9.62. The Labute approximate surface area is 79.8 Å². The van der Waals surface area contributed by atoms with Crippen molar-refractivity contribution in [3.8, 4) is 11.7 Å². The predicted octanol–water partition coefficient (Wildman–Crippen LogP) is 1.68. The predicted molar refractivity (Wildman–Crippen MR) is 47.4 cm³/mol. The Morgan fingerprint density at radius 2 is 2.46 bits per heavy atom. The highest BCUT2D eigenvalue weighted by atomic mass is 32.1. The zero-order valence-corrected chi connectivity index (χ0v) is 7.76. The fourth-order valence-electron chi connectivity index (χ4n) is 0.635. The summed E-state index contributed by atoms with van der Waals surface area (Å²) in [5.74, 6) is -0.114. The van der Waals surface area contributed by atoms with Gasteiger partial charge < -0.3 is 14.3 Å². The van der Waals surface area contributed by atoms with Crippen LogP contribution in [0.5, 0.6) is 11.7 Å². The highest BCUT2D eigenvalue weighted by Crippen LogP contribution is 2.18. The van der Waals surface area contributed by atoms with Crippen LogP contribution in [0.4, 0.5) is 0 Å². The van der Waals surface area contributed by atoms with Gasteiger partial charge in [0.25, 0.3) is 5.95 Å². The molecule has 0 radical (unpaired) electrons. The standard InChI is InChI=1S/C8H8O4S/c1-5(9)3-11-8-2-7(13)6(10)4-12-8/h2,4,10H,3H2,1H3. The lowest BCUT2D eigenvalue weighted by atomic mass is 10.5. The lowest BCUT2D eigenvalue weighted by molar-refractivity contribution is -0.119. The highest BCUT2D eigenvalue weighted by molar-refractivity contribution is 7.71. The van der Waals surface area contributed by atoms with Crippen LogP contribution >= 0.6 is 12.2 Å². The summed E-state index contributed by atoms with van der Waals surface area (Å²) in [7, 11) is 0. The maximum absolute atomic E-state index is 10.5. The van der Waals surface area contributed by atoms with Gasteiger partial charge in [0.2, 0.25) is 0 Å². The van der Waals surface area contributed by atoms with Crippen LogP contribution in [0.25, 0.3) is 0 Å². The molecule has 1 rings (SSSR count). The van der Waals surface area contributed by atoms with E-state index >= 15 is 0 Å². The molecule has 0 unspecified atom stereocenters. The van der Waals surface area contributed by atoms with Crippen molar-refractivity contribution in [1.29, 1.82) is 0 Å². The van der Waals surface area contributed by atoms with Crippen molar-refractivity contribution in [2.45, 2.75) is 6.92 Å². The molecule has 1 heterocycles. The minimum atomic E-state index is -0.120. The van der Waals surface area contributed by atoms with Gasteiger partial charge in [0.05, 0.1) is 4.51 Å². The van der Waals surface area contributed by atoms with Gasteiger partial charge in [-0.2, -0.15) is 0 Å². The Balaban J connectivity index is 2.74. The number of carbonyl (C=O) groups is 1. The molecule has 0 atom stereocenters. The van der Waals surface area contributed by atoms with Gasteiger partial charge in [0, 0.05) is 6.07 Å². The lowest BCUT2D eigenvalue weighted by Crippen LogP contribution is -2.06. The fraction of sp³-hybridized carbons (Fsp3) is 0.250. The van der Waals surface area contributed by atoms with E-state index in [-0.39, 0.29) is 28.6 Å². The molecular formula is C8H8O4S. The summed E-state index contributed by atoms with van der Waals surface area (Å²) in [6.45, 7) is 1.33. The topological polar surface area (TPSA) is 59.7 Å². The summed E-state index contributed by atoms with van der Waals surface area (Å²) in [6, 6.07) is 1.34. The Morgan fingerprint density at radius 1 is 1.77 bits per heavy atom. The maximum atomic E-state index is 10.5. The molecule has 0 saturated carbocycles. The second kappa shape index (κ2) is 4.04. The van der Waals surface area contributed by atoms with E-state index < -0.39 is 0 Å². The molecule has 0 aromatic carbocycles. The van der Waals surface area contributed by atoms with E-state index in [1.165, 1.54) is 13.0 Å². The minimum Gasteiger partial charge on any atom is -0.504 e. The molecule has 4 nitrogen and oxygen atoms in total. The number of carbonyl (C=O) groups excluding carboxylic acids is 1. The highest BCUT2D eigenvalue weighted by Gasteiger charge is 2.00. The van der Waals surface area contributed by atoms with Gasteiger partial charge in [0.15, 0.2) is 11.5 Å². The second-order valence-corrected chi connectivity index (χ2v) is 2.88. The zero-order chi connectivity index (χ0) is 9.84. The quantitative estimate of drug-likeness (QED) is 0.752. The van der Waals surface area contributed by atoms with Crippen LogP contribution < -0.4 is 4.74 Å². The van der Waals surface area contributed by atoms with Gasteiger partial charge in [0.1, 0.15) is 12.9 Å². The largest absolute Gasteiger partial charge is 0.504 e. The van der Waals surface area contributed by atoms with E-state index in [4.69, 9.17) is 26.5 Å². The number of rotatable bonds is 3. The Morgan fingerprint density at radius 3 is 3.00 bits per heavy atom. The second-order valence-electron chi connectivity index (χ2n) is 2.44. The van der Waals surface area contributed by atoms with Crippen LogP contribution in [-0.2, 0) is 4.79 Å². The van der Waals surface area contributed by atoms with Gasteiger partial charge in [-0.15, -0.1) is 0 Å². The summed E-state index contributed by atoms with van der Waals surface area (Å²) in [5, 5.41) is 9.00. The Hall–Kier alpha value is -1.36. The fourth-order valence-corrected chi connectivity index (χ4v) is 0.780. The van der Waals surface area contributed by atoms with Crippen molar-refractivity contribution in [2.75, 3.05) is 6.61 Å². The average molecular weight is 200 g/mol. The molecule has 0 bridgehead atoms. The lowest BCUT2D eigenvalue weighted by Gasteiger charge is -2.01. The number of Topliss-reactive ketones (excluding diaryl/α,β-unsaturated/α-hetero) is 1. The SMILES string of the molecule is CC(=O)COc1cc(=S)c(O)co1. The Kier molecular flexibility index (Phi) is 3.02. The third-order valence-electron chi connectivity index (χ3n) is 1.21. The van der Waals surface area contributed by atoms with Crippen LogP contribution in [0, 0.1) is 4.51 Å². The van der Waals surface area contributed by atoms with Gasteiger partial charge in [-0.05, 0) is 6.92 Å². The third-order valence-corrected chi connectivity index (χ3v) is 1.53.